The van der Waals surface area contributed by atoms with Gasteiger partial charge >= 0.3 is 34.4 Å². The number of aliphatic hydroxyl groups is 1. The first-order chi connectivity index (χ1) is 18.3. The second kappa shape index (κ2) is 19.7. The van der Waals surface area contributed by atoms with Gasteiger partial charge in [-0.2, -0.15) is 22.3 Å². The largest absolute Gasteiger partial charge is 0.460 e. The normalized spacial score (nSPS) is 17.0. The van der Waals surface area contributed by atoms with E-state index < -0.39 is 33.5 Å². The number of hydrogen-bond acceptors (Lipinski definition) is 12. The quantitative estimate of drug-likeness (QED) is 0.328. The van der Waals surface area contributed by atoms with E-state index in [1.165, 1.54) is 7.05 Å². The van der Waals surface area contributed by atoms with Crippen LogP contribution in [0, 0.1) is 5.92 Å². The molecule has 0 radical (unpaired) electrons. The zero-order valence-corrected chi connectivity index (χ0v) is 27.5. The molecule has 13 nitrogen and oxygen atoms in total. The summed E-state index contributed by atoms with van der Waals surface area (Å²) in [6, 6.07) is -0.472. The molecule has 1 fully saturated rings. The Morgan fingerprint density at radius 3 is 1.61 bits per heavy atom. The summed E-state index contributed by atoms with van der Waals surface area (Å²) in [6.45, 7) is 20.2. The molecule has 1 N–H and O–H groups in total. The molecule has 1 aliphatic heterocycles. The molecule has 0 aliphatic carbocycles. The lowest BCUT2D eigenvalue weighted by Crippen LogP contribution is -2.34. The van der Waals surface area contributed by atoms with E-state index in [4.69, 9.17) is 28.9 Å². The van der Waals surface area contributed by atoms with E-state index in [0.717, 1.165) is 10.7 Å². The van der Waals surface area contributed by atoms with Gasteiger partial charge in [0.2, 0.25) is 0 Å². The van der Waals surface area contributed by atoms with Crippen LogP contribution < -0.4 is 0 Å². The van der Waals surface area contributed by atoms with Gasteiger partial charge in [0.1, 0.15) is 16.8 Å². The third kappa shape index (κ3) is 27.6. The van der Waals surface area contributed by atoms with Crippen molar-refractivity contribution in [3.63, 3.8) is 0 Å². The van der Waals surface area contributed by atoms with Gasteiger partial charge in [-0.05, 0) is 74.7 Å². The maximum absolute atomic E-state index is 11.5. The Kier molecular flexibility index (Phi) is 20.7. The molecule has 41 heavy (non-hydrogen) atoms. The fourth-order valence-electron chi connectivity index (χ4n) is 2.63. The molecular formula is C27H51NO12S. The Hall–Kier alpha value is -2.38. The highest BCUT2D eigenvalue weighted by atomic mass is 32.2. The van der Waals surface area contributed by atoms with Gasteiger partial charge in [-0.15, -0.1) is 0 Å². The van der Waals surface area contributed by atoms with Gasteiger partial charge in [0, 0.05) is 20.1 Å². The lowest BCUT2D eigenvalue weighted by atomic mass is 10.1. The molecule has 1 aliphatic rings. The maximum Gasteiger partial charge on any atom is 0.373 e. The summed E-state index contributed by atoms with van der Waals surface area (Å²) >= 11 is 0. The van der Waals surface area contributed by atoms with Crippen LogP contribution in [0.15, 0.2) is 0 Å². The van der Waals surface area contributed by atoms with E-state index in [-0.39, 0.29) is 55.7 Å². The summed E-state index contributed by atoms with van der Waals surface area (Å²) in [7, 11) is -2.25. The molecule has 0 bridgehead atoms. The first-order valence-corrected chi connectivity index (χ1v) is 14.6. The van der Waals surface area contributed by atoms with Gasteiger partial charge in [-0.25, -0.2) is 0 Å². The summed E-state index contributed by atoms with van der Waals surface area (Å²) in [5.74, 6) is -0.788. The van der Waals surface area contributed by atoms with Gasteiger partial charge in [-0.3, -0.25) is 18.6 Å². The molecule has 1 rings (SSSR count). The van der Waals surface area contributed by atoms with E-state index in [9.17, 15) is 22.8 Å². The number of carbonyl (C=O) groups is 3. The monoisotopic (exact) mass is 613 g/mol. The van der Waals surface area contributed by atoms with Crippen LogP contribution in [0.4, 0.5) is 0 Å². The highest BCUT2D eigenvalue weighted by molar-refractivity contribution is 7.84. The van der Waals surface area contributed by atoms with Crippen molar-refractivity contribution in [3.05, 3.63) is 0 Å². The lowest BCUT2D eigenvalue weighted by Gasteiger charge is -2.21. The van der Waals surface area contributed by atoms with Crippen molar-refractivity contribution in [2.75, 3.05) is 20.3 Å². The average molecular weight is 614 g/mol. The Labute approximate surface area is 245 Å². The SMILES string of the molecule is CC(CO)CC(=O)OC(C)(C)C.CCCC(=O)OC(C)(C)C.CN1C(CC(=O)OC(C)(C)C)COS1(=O)=O.O=C=O. The maximum atomic E-state index is 11.5. The van der Waals surface area contributed by atoms with E-state index in [0.29, 0.717) is 6.42 Å². The van der Waals surface area contributed by atoms with Crippen molar-refractivity contribution in [2.45, 2.75) is 125 Å². The van der Waals surface area contributed by atoms with E-state index in [1.54, 1.807) is 20.8 Å². The summed E-state index contributed by atoms with van der Waals surface area (Å²) in [6.07, 6.45) is 1.92. The molecule has 1 saturated heterocycles. The first-order valence-electron chi connectivity index (χ1n) is 13.2. The Morgan fingerprint density at radius 2 is 1.29 bits per heavy atom. The van der Waals surface area contributed by atoms with Crippen LogP contribution in [0.3, 0.4) is 0 Å². The van der Waals surface area contributed by atoms with Gasteiger partial charge in [0.15, 0.2) is 0 Å². The van der Waals surface area contributed by atoms with Crippen LogP contribution in [0.5, 0.6) is 0 Å². The number of carbonyl (C=O) groups excluding carboxylic acids is 5. The van der Waals surface area contributed by atoms with E-state index >= 15 is 0 Å². The molecular weight excluding hydrogens is 562 g/mol. The molecule has 0 spiro atoms. The van der Waals surface area contributed by atoms with Crippen molar-refractivity contribution in [3.8, 4) is 0 Å². The smallest absolute Gasteiger partial charge is 0.373 e. The second-order valence-corrected chi connectivity index (χ2v) is 13.9. The Morgan fingerprint density at radius 1 is 0.902 bits per heavy atom. The third-order valence-corrected chi connectivity index (χ3v) is 5.66. The molecule has 1 heterocycles. The zero-order valence-electron chi connectivity index (χ0n) is 26.7. The number of likely N-dealkylation sites (N-methyl/N-ethyl adjacent to an activating group) is 1. The van der Waals surface area contributed by atoms with E-state index in [2.05, 4.69) is 4.18 Å². The minimum atomic E-state index is -3.64. The molecule has 2 unspecified atom stereocenters. The van der Waals surface area contributed by atoms with Gasteiger partial charge in [0.05, 0.1) is 25.5 Å². The average Bonchev–Trinajstić information content (AvgIpc) is 2.98. The highest BCUT2D eigenvalue weighted by Gasteiger charge is 2.37. The standard InChI is InChI=1S/C9H17NO5S.C9H18O3.C8H16O2.CO2/c1-9(2,3)15-8(11)5-7-6-14-16(12,13)10(7)4;1-7(6-10)5-8(11)12-9(2,3)4;1-5-6-7(9)10-8(2,3)4;2-1-3/h7H,5-6H2,1-4H3;7,10H,5-6H2,1-4H3;5-6H2,1-4H3;. The van der Waals surface area contributed by atoms with Gasteiger partial charge in [-0.1, -0.05) is 13.8 Å². The van der Waals surface area contributed by atoms with E-state index in [1.807, 2.05) is 55.4 Å². The summed E-state index contributed by atoms with van der Waals surface area (Å²) in [5.41, 5.74) is -1.31. The number of rotatable bonds is 7. The molecule has 14 heteroatoms. The third-order valence-electron chi connectivity index (χ3n) is 4.22. The number of hydrogen-bond donors (Lipinski definition) is 1. The summed E-state index contributed by atoms with van der Waals surface area (Å²) in [5, 5.41) is 8.67. The van der Waals surface area contributed by atoms with Crippen LogP contribution in [-0.2, 0) is 52.7 Å². The molecule has 0 amide bonds. The molecule has 242 valence electrons. The number of nitrogens with zero attached hydrogens (tertiary/aromatic N) is 1. The van der Waals surface area contributed by atoms with Crippen LogP contribution in [0.2, 0.25) is 0 Å². The predicted octanol–water partition coefficient (Wildman–Crippen LogP) is 3.18. The van der Waals surface area contributed by atoms with Crippen LogP contribution in [0.1, 0.15) is 102 Å². The van der Waals surface area contributed by atoms with Crippen molar-refractivity contribution in [1.29, 1.82) is 0 Å². The predicted molar refractivity (Wildman–Crippen MR) is 149 cm³/mol. The van der Waals surface area contributed by atoms with Crippen molar-refractivity contribution < 1.29 is 55.9 Å². The number of aliphatic hydroxyl groups excluding tert-OH is 1. The lowest BCUT2D eigenvalue weighted by molar-refractivity contribution is -0.192. The summed E-state index contributed by atoms with van der Waals surface area (Å²) < 4.78 is 43.2. The molecule has 0 aromatic carbocycles. The van der Waals surface area contributed by atoms with Gasteiger partial charge in [0.25, 0.3) is 0 Å². The van der Waals surface area contributed by atoms with Crippen LogP contribution in [0.25, 0.3) is 0 Å². The molecule has 2 atom stereocenters. The van der Waals surface area contributed by atoms with Crippen molar-refractivity contribution in [1.82, 2.24) is 4.31 Å². The number of ether oxygens (including phenoxy) is 3. The highest BCUT2D eigenvalue weighted by Crippen LogP contribution is 2.20. The van der Waals surface area contributed by atoms with Crippen molar-refractivity contribution >= 4 is 34.4 Å². The van der Waals surface area contributed by atoms with Crippen molar-refractivity contribution in [2.24, 2.45) is 5.92 Å². The Bertz CT molecular complexity index is 921. The molecule has 0 aromatic rings. The Balaban J connectivity index is -0.000000518. The van der Waals surface area contributed by atoms with Crippen LogP contribution in [-0.4, -0.2) is 85.0 Å². The first kappa shape index (κ1) is 43.1. The number of esters is 3. The summed E-state index contributed by atoms with van der Waals surface area (Å²) in [4.78, 5) is 49.7. The molecule has 0 saturated carbocycles. The van der Waals surface area contributed by atoms with Crippen LogP contribution >= 0.6 is 0 Å². The topological polar surface area (TPSA) is 180 Å². The second-order valence-electron chi connectivity index (χ2n) is 12.2. The minimum Gasteiger partial charge on any atom is -0.460 e. The fraction of sp³-hybridized carbons (Fsp3) is 0.852. The minimum absolute atomic E-state index is 0.00191. The van der Waals surface area contributed by atoms with Gasteiger partial charge < -0.3 is 19.3 Å². The molecule has 0 aromatic heterocycles. The zero-order chi connectivity index (χ0) is 33.2. The fourth-order valence-corrected chi connectivity index (χ4v) is 3.62.